The van der Waals surface area contributed by atoms with Crippen LogP contribution in [0.1, 0.15) is 78.2 Å². The van der Waals surface area contributed by atoms with E-state index in [4.69, 9.17) is 4.74 Å². The average Bonchev–Trinajstić information content (AvgIpc) is 3.26. The van der Waals surface area contributed by atoms with Gasteiger partial charge in [-0.15, -0.1) is 0 Å². The quantitative estimate of drug-likeness (QED) is 0.876. The first-order valence-electron chi connectivity index (χ1n) is 10.5. The van der Waals surface area contributed by atoms with Gasteiger partial charge in [-0.2, -0.15) is 0 Å². The van der Waals surface area contributed by atoms with Crippen molar-refractivity contribution in [2.45, 2.75) is 70.4 Å². The van der Waals surface area contributed by atoms with Crippen molar-refractivity contribution in [2.24, 2.45) is 0 Å². The second kappa shape index (κ2) is 8.42. The molecule has 0 aliphatic carbocycles. The van der Waals surface area contributed by atoms with Gasteiger partial charge in [0.1, 0.15) is 5.69 Å². The molecule has 0 spiro atoms. The molecule has 4 heterocycles. The summed E-state index contributed by atoms with van der Waals surface area (Å²) in [4.78, 5) is 32.4. The number of hydrogen-bond donors (Lipinski definition) is 1. The second-order valence-corrected chi connectivity index (χ2v) is 7.89. The van der Waals surface area contributed by atoms with Crippen LogP contribution in [0.2, 0.25) is 0 Å². The van der Waals surface area contributed by atoms with E-state index in [1.54, 1.807) is 0 Å². The highest BCUT2D eigenvalue weighted by Crippen LogP contribution is 2.23. The summed E-state index contributed by atoms with van der Waals surface area (Å²) in [6.45, 7) is 3.64. The molecule has 1 atom stereocenters. The highest BCUT2D eigenvalue weighted by Gasteiger charge is 2.30. The molecule has 7 nitrogen and oxygen atoms in total. The number of ether oxygens (including phenoxy) is 1. The Morgan fingerprint density at radius 2 is 1.81 bits per heavy atom. The molecular weight excluding hydrogens is 344 g/mol. The lowest BCUT2D eigenvalue weighted by atomic mass is 10.1. The number of nitrogens with zero attached hydrogens (tertiary/aromatic N) is 3. The van der Waals surface area contributed by atoms with E-state index < -0.39 is 0 Å². The van der Waals surface area contributed by atoms with Crippen LogP contribution in [-0.4, -0.2) is 58.6 Å². The van der Waals surface area contributed by atoms with E-state index in [2.05, 4.69) is 10.3 Å². The molecule has 3 aliphatic heterocycles. The largest absolute Gasteiger partial charge is 0.376 e. The van der Waals surface area contributed by atoms with Gasteiger partial charge in [0.25, 0.3) is 11.8 Å². The Kier molecular flexibility index (Phi) is 5.76. The summed E-state index contributed by atoms with van der Waals surface area (Å²) in [5.41, 5.74) is 1.44. The summed E-state index contributed by atoms with van der Waals surface area (Å²) in [5.74, 6) is 0.199. The standard InChI is InChI=1S/C20H30N4O3/c25-19(21-14-15-8-7-13-27-15)18-22-17(16-9-3-6-12-24(16)18)20(26)23-10-4-1-2-5-11-23/h15H,1-14H2,(H,21,25). The third-order valence-corrected chi connectivity index (χ3v) is 5.93. The molecule has 4 rings (SSSR count). The van der Waals surface area contributed by atoms with E-state index in [1.807, 2.05) is 9.47 Å². The summed E-state index contributed by atoms with van der Waals surface area (Å²) < 4.78 is 7.56. The van der Waals surface area contributed by atoms with Crippen molar-refractivity contribution in [3.8, 4) is 0 Å². The van der Waals surface area contributed by atoms with Gasteiger partial charge in [0.15, 0.2) is 5.82 Å². The topological polar surface area (TPSA) is 76.5 Å². The number of rotatable bonds is 4. The van der Waals surface area contributed by atoms with E-state index in [1.165, 1.54) is 12.8 Å². The summed E-state index contributed by atoms with van der Waals surface area (Å²) in [7, 11) is 0. The van der Waals surface area contributed by atoms with Crippen LogP contribution in [0.5, 0.6) is 0 Å². The lowest BCUT2D eigenvalue weighted by molar-refractivity contribution is 0.0754. The molecule has 1 aromatic heterocycles. The van der Waals surface area contributed by atoms with E-state index in [0.29, 0.717) is 18.1 Å². The van der Waals surface area contributed by atoms with Gasteiger partial charge >= 0.3 is 0 Å². The summed E-state index contributed by atoms with van der Waals surface area (Å²) >= 11 is 0. The smallest absolute Gasteiger partial charge is 0.287 e. The van der Waals surface area contributed by atoms with Gasteiger partial charge in [-0.25, -0.2) is 4.98 Å². The molecule has 0 aromatic carbocycles. The zero-order valence-electron chi connectivity index (χ0n) is 16.0. The minimum atomic E-state index is -0.191. The molecule has 1 N–H and O–H groups in total. The van der Waals surface area contributed by atoms with Gasteiger partial charge in [0.05, 0.1) is 11.8 Å². The minimum Gasteiger partial charge on any atom is -0.376 e. The molecule has 1 unspecified atom stereocenters. The van der Waals surface area contributed by atoms with Crippen LogP contribution in [0.3, 0.4) is 0 Å². The first-order valence-corrected chi connectivity index (χ1v) is 10.5. The zero-order chi connectivity index (χ0) is 18.6. The van der Waals surface area contributed by atoms with Crippen LogP contribution in [-0.2, 0) is 17.7 Å². The predicted molar refractivity (Wildman–Crippen MR) is 101 cm³/mol. The summed E-state index contributed by atoms with van der Waals surface area (Å²) in [5, 5.41) is 2.96. The van der Waals surface area contributed by atoms with Gasteiger partial charge in [0, 0.05) is 32.8 Å². The summed E-state index contributed by atoms with van der Waals surface area (Å²) in [6.07, 6.45) is 9.49. The Morgan fingerprint density at radius 3 is 2.56 bits per heavy atom. The molecular formula is C20H30N4O3. The molecule has 1 aromatic rings. The molecule has 0 saturated carbocycles. The fourth-order valence-corrected chi connectivity index (χ4v) is 4.40. The van der Waals surface area contributed by atoms with Crippen LogP contribution in [0.15, 0.2) is 0 Å². The fraction of sp³-hybridized carbons (Fsp3) is 0.750. The Balaban J connectivity index is 1.53. The van der Waals surface area contributed by atoms with Crippen molar-refractivity contribution in [2.75, 3.05) is 26.2 Å². The third kappa shape index (κ3) is 4.03. The number of fused-ring (bicyclic) bond motifs is 1. The predicted octanol–water partition coefficient (Wildman–Crippen LogP) is 2.14. The molecule has 7 heteroatoms. The van der Waals surface area contributed by atoms with E-state index in [0.717, 1.165) is 76.9 Å². The maximum Gasteiger partial charge on any atom is 0.287 e. The van der Waals surface area contributed by atoms with Crippen LogP contribution < -0.4 is 5.32 Å². The van der Waals surface area contributed by atoms with Crippen LogP contribution in [0.25, 0.3) is 0 Å². The van der Waals surface area contributed by atoms with E-state index >= 15 is 0 Å². The molecule has 0 radical (unpaired) electrons. The molecule has 0 bridgehead atoms. The van der Waals surface area contributed by atoms with Gasteiger partial charge in [-0.3, -0.25) is 9.59 Å². The van der Waals surface area contributed by atoms with Crippen molar-refractivity contribution < 1.29 is 14.3 Å². The molecule has 2 fully saturated rings. The second-order valence-electron chi connectivity index (χ2n) is 7.89. The number of imidazole rings is 1. The Labute approximate surface area is 160 Å². The normalized spacial score (nSPS) is 23.0. The summed E-state index contributed by atoms with van der Waals surface area (Å²) in [6, 6.07) is 0. The lowest BCUT2D eigenvalue weighted by Crippen LogP contribution is -2.34. The monoisotopic (exact) mass is 374 g/mol. The molecule has 3 aliphatic rings. The number of aromatic nitrogens is 2. The molecule has 2 saturated heterocycles. The Morgan fingerprint density at radius 1 is 1.04 bits per heavy atom. The molecule has 27 heavy (non-hydrogen) atoms. The maximum atomic E-state index is 13.1. The van der Waals surface area contributed by atoms with Crippen molar-refractivity contribution in [1.29, 1.82) is 0 Å². The van der Waals surface area contributed by atoms with Crippen molar-refractivity contribution in [1.82, 2.24) is 19.8 Å². The van der Waals surface area contributed by atoms with Crippen molar-refractivity contribution in [3.05, 3.63) is 17.2 Å². The van der Waals surface area contributed by atoms with Crippen molar-refractivity contribution in [3.63, 3.8) is 0 Å². The van der Waals surface area contributed by atoms with E-state index in [-0.39, 0.29) is 17.9 Å². The average molecular weight is 374 g/mol. The highest BCUT2D eigenvalue weighted by molar-refractivity contribution is 5.97. The third-order valence-electron chi connectivity index (χ3n) is 5.93. The van der Waals surface area contributed by atoms with Gasteiger partial charge in [-0.1, -0.05) is 12.8 Å². The van der Waals surface area contributed by atoms with Crippen LogP contribution in [0.4, 0.5) is 0 Å². The highest BCUT2D eigenvalue weighted by atomic mass is 16.5. The number of amides is 2. The number of carbonyl (C=O) groups excluding carboxylic acids is 2. The molecule has 148 valence electrons. The van der Waals surface area contributed by atoms with Gasteiger partial charge in [0.2, 0.25) is 0 Å². The molecule has 2 amide bonds. The van der Waals surface area contributed by atoms with Gasteiger partial charge in [-0.05, 0) is 44.9 Å². The number of hydrogen-bond acceptors (Lipinski definition) is 4. The van der Waals surface area contributed by atoms with Gasteiger partial charge < -0.3 is 19.5 Å². The van der Waals surface area contributed by atoms with Crippen LogP contribution in [0, 0.1) is 0 Å². The number of likely N-dealkylation sites (tertiary alicyclic amines) is 1. The van der Waals surface area contributed by atoms with Crippen LogP contribution >= 0.6 is 0 Å². The maximum absolute atomic E-state index is 13.1. The minimum absolute atomic E-state index is 0.000672. The SMILES string of the molecule is O=C(NCC1CCCO1)c1nc(C(=O)N2CCCCCC2)c2n1CCCC2. The number of carbonyl (C=O) groups is 2. The zero-order valence-corrected chi connectivity index (χ0v) is 16.0. The van der Waals surface area contributed by atoms with E-state index in [9.17, 15) is 9.59 Å². The lowest BCUT2D eigenvalue weighted by Gasteiger charge is -2.21. The van der Waals surface area contributed by atoms with Crippen molar-refractivity contribution >= 4 is 11.8 Å². The number of nitrogens with one attached hydrogen (secondary N) is 1. The first kappa shape index (κ1) is 18.5. The first-order chi connectivity index (χ1) is 13.2. The fourth-order valence-electron chi connectivity index (χ4n) is 4.40. The Hall–Kier alpha value is -1.89. The Bertz CT molecular complexity index is 686.